The molecular formula is C19H22N2O4S. The minimum Gasteiger partial charge on any atom is -0.475 e. The molecule has 1 aromatic carbocycles. The van der Waals surface area contributed by atoms with Gasteiger partial charge < -0.3 is 20.2 Å². The summed E-state index contributed by atoms with van der Waals surface area (Å²) in [6.45, 7) is 3.99. The van der Waals surface area contributed by atoms with Gasteiger partial charge in [-0.2, -0.15) is 0 Å². The highest BCUT2D eigenvalue weighted by atomic mass is 32.1. The number of rotatable bonds is 7. The molecule has 0 aliphatic heterocycles. The molecule has 7 heteroatoms. The molecule has 0 aliphatic carbocycles. The van der Waals surface area contributed by atoms with Crippen molar-refractivity contribution in [3.63, 3.8) is 0 Å². The lowest BCUT2D eigenvalue weighted by Gasteiger charge is -2.13. The Morgan fingerprint density at radius 1 is 1.19 bits per heavy atom. The van der Waals surface area contributed by atoms with E-state index in [2.05, 4.69) is 17.6 Å². The molecular weight excluding hydrogens is 352 g/mol. The number of carboxylic acids is 1. The number of carboxylic acid groups (broad SMARTS) is 1. The lowest BCUT2D eigenvalue weighted by atomic mass is 10.1. The van der Waals surface area contributed by atoms with E-state index in [9.17, 15) is 9.59 Å². The summed E-state index contributed by atoms with van der Waals surface area (Å²) in [5, 5.41) is 14.9. The van der Waals surface area contributed by atoms with Crippen LogP contribution in [0.15, 0.2) is 34.7 Å². The van der Waals surface area contributed by atoms with E-state index in [4.69, 9.17) is 21.7 Å². The van der Waals surface area contributed by atoms with Crippen LogP contribution in [-0.4, -0.2) is 22.1 Å². The van der Waals surface area contributed by atoms with E-state index in [0.717, 1.165) is 30.5 Å². The predicted molar refractivity (Wildman–Crippen MR) is 104 cm³/mol. The van der Waals surface area contributed by atoms with Crippen LogP contribution in [0.25, 0.3) is 11.3 Å². The van der Waals surface area contributed by atoms with Crippen molar-refractivity contribution in [2.24, 2.45) is 0 Å². The van der Waals surface area contributed by atoms with Gasteiger partial charge in [0.05, 0.1) is 0 Å². The molecule has 0 spiro atoms. The third kappa shape index (κ3) is 5.42. The third-order valence-electron chi connectivity index (χ3n) is 3.85. The van der Waals surface area contributed by atoms with Crippen molar-refractivity contribution >= 4 is 34.9 Å². The molecule has 0 fully saturated rings. The van der Waals surface area contributed by atoms with Crippen LogP contribution in [0.5, 0.6) is 0 Å². The lowest BCUT2D eigenvalue weighted by molar-refractivity contribution is -0.119. The van der Waals surface area contributed by atoms with Gasteiger partial charge in [0.15, 0.2) is 5.11 Å². The normalized spacial score (nSPS) is 10.4. The maximum atomic E-state index is 11.8. The number of anilines is 1. The van der Waals surface area contributed by atoms with Gasteiger partial charge in [-0.15, -0.1) is 0 Å². The van der Waals surface area contributed by atoms with Gasteiger partial charge in [-0.05, 0) is 49.3 Å². The Morgan fingerprint density at radius 2 is 1.96 bits per heavy atom. The van der Waals surface area contributed by atoms with Crippen LogP contribution in [0.4, 0.5) is 5.69 Å². The Kier molecular flexibility index (Phi) is 6.91. The van der Waals surface area contributed by atoms with Crippen LogP contribution in [-0.2, 0) is 4.79 Å². The summed E-state index contributed by atoms with van der Waals surface area (Å²) in [7, 11) is 0. The first-order chi connectivity index (χ1) is 12.4. The van der Waals surface area contributed by atoms with E-state index in [-0.39, 0.29) is 16.8 Å². The Balaban J connectivity index is 2.05. The molecule has 0 unspecified atom stereocenters. The number of hydrogen-bond acceptors (Lipinski definition) is 4. The highest BCUT2D eigenvalue weighted by molar-refractivity contribution is 7.80. The summed E-state index contributed by atoms with van der Waals surface area (Å²) in [6.07, 6.45) is 3.34. The lowest BCUT2D eigenvalue weighted by Crippen LogP contribution is -2.34. The number of thiocarbonyl (C=S) groups is 1. The number of aryl methyl sites for hydroxylation is 1. The van der Waals surface area contributed by atoms with Gasteiger partial charge in [0.2, 0.25) is 11.7 Å². The topological polar surface area (TPSA) is 91.6 Å². The van der Waals surface area contributed by atoms with Gasteiger partial charge >= 0.3 is 5.97 Å². The third-order valence-corrected chi connectivity index (χ3v) is 4.05. The molecule has 0 atom stereocenters. The monoisotopic (exact) mass is 374 g/mol. The molecule has 0 bridgehead atoms. The van der Waals surface area contributed by atoms with Crippen LogP contribution in [0.1, 0.15) is 48.7 Å². The second-order valence-electron chi connectivity index (χ2n) is 5.96. The van der Waals surface area contributed by atoms with Crippen molar-refractivity contribution in [3.05, 3.63) is 41.7 Å². The maximum absolute atomic E-state index is 11.8. The van der Waals surface area contributed by atoms with E-state index in [1.54, 1.807) is 12.1 Å². The molecule has 0 aliphatic rings. The summed E-state index contributed by atoms with van der Waals surface area (Å²) in [5.74, 6) is -0.902. The molecule has 0 saturated heterocycles. The number of amides is 1. The molecule has 26 heavy (non-hydrogen) atoms. The van der Waals surface area contributed by atoms with Crippen LogP contribution in [0, 0.1) is 6.92 Å². The quantitative estimate of drug-likeness (QED) is 0.493. The summed E-state index contributed by atoms with van der Waals surface area (Å²) >= 11 is 5.20. The first kappa shape index (κ1) is 19.7. The van der Waals surface area contributed by atoms with E-state index < -0.39 is 5.97 Å². The first-order valence-electron chi connectivity index (χ1n) is 8.45. The summed E-state index contributed by atoms with van der Waals surface area (Å²) in [5.41, 5.74) is 2.36. The molecule has 0 saturated carbocycles. The molecule has 1 aromatic heterocycles. The van der Waals surface area contributed by atoms with E-state index in [0.29, 0.717) is 17.7 Å². The first-order valence-corrected chi connectivity index (χ1v) is 8.86. The van der Waals surface area contributed by atoms with Gasteiger partial charge in [0, 0.05) is 17.7 Å². The zero-order chi connectivity index (χ0) is 19.1. The minimum absolute atomic E-state index is 0.109. The molecule has 1 amide bonds. The standard InChI is InChI=1S/C19H22N2O4S/c1-3-4-5-6-17(22)21-19(26)20-14-11-13(8-7-12(14)2)15-9-10-16(25-15)18(23)24/h7-11H,3-6H2,1-2H3,(H,23,24)(H2,20,21,22,26). The molecule has 2 rings (SSSR count). The van der Waals surface area contributed by atoms with Crippen molar-refractivity contribution < 1.29 is 19.1 Å². The average Bonchev–Trinajstić information content (AvgIpc) is 3.07. The molecule has 6 nitrogen and oxygen atoms in total. The predicted octanol–water partition coefficient (Wildman–Crippen LogP) is 4.35. The Labute approximate surface area is 157 Å². The van der Waals surface area contributed by atoms with Crippen molar-refractivity contribution in [1.82, 2.24) is 5.32 Å². The largest absolute Gasteiger partial charge is 0.475 e. The minimum atomic E-state index is -1.12. The number of benzene rings is 1. The van der Waals surface area contributed by atoms with Crippen molar-refractivity contribution in [2.75, 3.05) is 5.32 Å². The fraction of sp³-hybridized carbons (Fsp3) is 0.316. The Hall–Kier alpha value is -2.67. The fourth-order valence-corrected chi connectivity index (χ4v) is 2.62. The molecule has 2 aromatic rings. The van der Waals surface area contributed by atoms with E-state index in [1.807, 2.05) is 19.1 Å². The average molecular weight is 374 g/mol. The zero-order valence-electron chi connectivity index (χ0n) is 14.8. The smallest absolute Gasteiger partial charge is 0.371 e. The van der Waals surface area contributed by atoms with Crippen LogP contribution in [0.3, 0.4) is 0 Å². The highest BCUT2D eigenvalue weighted by Crippen LogP contribution is 2.27. The fourth-order valence-electron chi connectivity index (χ4n) is 2.40. The molecule has 3 N–H and O–H groups in total. The van der Waals surface area contributed by atoms with Crippen LogP contribution < -0.4 is 10.6 Å². The Morgan fingerprint density at radius 3 is 2.62 bits per heavy atom. The second kappa shape index (κ2) is 9.15. The highest BCUT2D eigenvalue weighted by Gasteiger charge is 2.12. The number of unbranched alkanes of at least 4 members (excludes halogenated alkanes) is 2. The number of carbonyl (C=O) groups is 2. The second-order valence-corrected chi connectivity index (χ2v) is 6.37. The summed E-state index contributed by atoms with van der Waals surface area (Å²) in [4.78, 5) is 22.8. The summed E-state index contributed by atoms with van der Waals surface area (Å²) in [6, 6.07) is 8.51. The molecule has 0 radical (unpaired) electrons. The van der Waals surface area contributed by atoms with E-state index >= 15 is 0 Å². The van der Waals surface area contributed by atoms with Crippen LogP contribution >= 0.6 is 12.2 Å². The number of aromatic carboxylic acids is 1. The van der Waals surface area contributed by atoms with Crippen LogP contribution in [0.2, 0.25) is 0 Å². The van der Waals surface area contributed by atoms with E-state index in [1.165, 1.54) is 6.07 Å². The molecule has 138 valence electrons. The van der Waals surface area contributed by atoms with Gasteiger partial charge in [-0.1, -0.05) is 31.9 Å². The van der Waals surface area contributed by atoms with Gasteiger partial charge in [0.25, 0.3) is 0 Å². The zero-order valence-corrected chi connectivity index (χ0v) is 15.6. The van der Waals surface area contributed by atoms with Gasteiger partial charge in [-0.3, -0.25) is 4.79 Å². The molecule has 1 heterocycles. The SMILES string of the molecule is CCCCCC(=O)NC(=S)Nc1cc(-c2ccc(C(=O)O)o2)ccc1C. The number of nitrogens with one attached hydrogen (secondary N) is 2. The van der Waals surface area contributed by atoms with Crippen molar-refractivity contribution in [3.8, 4) is 11.3 Å². The Bertz CT molecular complexity index is 814. The van der Waals surface area contributed by atoms with Gasteiger partial charge in [-0.25, -0.2) is 4.79 Å². The number of hydrogen-bond donors (Lipinski definition) is 3. The number of furan rings is 1. The number of carbonyl (C=O) groups excluding carboxylic acids is 1. The van der Waals surface area contributed by atoms with Crippen molar-refractivity contribution in [1.29, 1.82) is 0 Å². The maximum Gasteiger partial charge on any atom is 0.371 e. The summed E-state index contributed by atoms with van der Waals surface area (Å²) < 4.78 is 5.32. The van der Waals surface area contributed by atoms with Crippen molar-refractivity contribution in [2.45, 2.75) is 39.5 Å². The van der Waals surface area contributed by atoms with Gasteiger partial charge in [0.1, 0.15) is 5.76 Å².